The zero-order chi connectivity index (χ0) is 13.5. The maximum absolute atomic E-state index is 11.7. The van der Waals surface area contributed by atoms with Gasteiger partial charge in [0.1, 0.15) is 5.75 Å². The van der Waals surface area contributed by atoms with Gasteiger partial charge in [-0.2, -0.15) is 0 Å². The van der Waals surface area contributed by atoms with E-state index in [1.54, 1.807) is 0 Å². The molecule has 0 spiro atoms. The Balaban J connectivity index is 1.97. The van der Waals surface area contributed by atoms with Crippen molar-refractivity contribution in [1.82, 2.24) is 0 Å². The molecule has 102 valence electrons. The molecule has 0 unspecified atom stereocenters. The highest BCUT2D eigenvalue weighted by atomic mass is 16.5. The number of aryl methyl sites for hydroxylation is 1. The number of rotatable bonds is 4. The van der Waals surface area contributed by atoms with Gasteiger partial charge in [0.2, 0.25) is 0 Å². The second-order valence-electron chi connectivity index (χ2n) is 5.91. The van der Waals surface area contributed by atoms with Gasteiger partial charge in [-0.25, -0.2) is 0 Å². The number of ether oxygens (including phenoxy) is 1. The van der Waals surface area contributed by atoms with Crippen LogP contribution in [0.5, 0.6) is 5.75 Å². The van der Waals surface area contributed by atoms with Crippen LogP contribution in [-0.2, 0) is 10.2 Å². The Morgan fingerprint density at radius 1 is 1.32 bits per heavy atom. The normalized spacial score (nSPS) is 21.3. The van der Waals surface area contributed by atoms with E-state index in [0.29, 0.717) is 0 Å². The van der Waals surface area contributed by atoms with Crippen molar-refractivity contribution >= 4 is 5.97 Å². The standard InChI is InChI=1S/C16H20O3/c1-11-6-7-14(19-12-4-2-5-12)13(10-11)16(15(17)18)8-3-9-16/h6-7,10,12H,2-5,8-9H2,1H3,(H,17,18). The average molecular weight is 260 g/mol. The predicted molar refractivity (Wildman–Crippen MR) is 72.6 cm³/mol. The van der Waals surface area contributed by atoms with Gasteiger partial charge in [0.05, 0.1) is 11.5 Å². The van der Waals surface area contributed by atoms with E-state index in [-0.39, 0.29) is 6.10 Å². The van der Waals surface area contributed by atoms with E-state index < -0.39 is 11.4 Å². The van der Waals surface area contributed by atoms with Crippen LogP contribution in [0, 0.1) is 6.92 Å². The summed E-state index contributed by atoms with van der Waals surface area (Å²) in [4.78, 5) is 11.7. The molecule has 0 radical (unpaired) electrons. The van der Waals surface area contributed by atoms with E-state index in [2.05, 4.69) is 0 Å². The number of hydrogen-bond donors (Lipinski definition) is 1. The molecular formula is C16H20O3. The SMILES string of the molecule is Cc1ccc(OC2CCC2)c(C2(C(=O)O)CCC2)c1. The van der Waals surface area contributed by atoms with Gasteiger partial charge in [0, 0.05) is 5.56 Å². The Morgan fingerprint density at radius 2 is 2.05 bits per heavy atom. The molecule has 1 aromatic carbocycles. The minimum atomic E-state index is -0.706. The van der Waals surface area contributed by atoms with Crippen molar-refractivity contribution in [1.29, 1.82) is 0 Å². The third kappa shape index (κ3) is 2.01. The van der Waals surface area contributed by atoms with Crippen molar-refractivity contribution < 1.29 is 14.6 Å². The Bertz CT molecular complexity index is 499. The van der Waals surface area contributed by atoms with Crippen LogP contribution in [0.1, 0.15) is 49.7 Å². The summed E-state index contributed by atoms with van der Waals surface area (Å²) in [5.41, 5.74) is 1.28. The lowest BCUT2D eigenvalue weighted by Crippen LogP contribution is -2.43. The molecule has 2 fully saturated rings. The fraction of sp³-hybridized carbons (Fsp3) is 0.562. The predicted octanol–water partition coefficient (Wildman–Crippen LogP) is 3.43. The summed E-state index contributed by atoms with van der Waals surface area (Å²) in [6.07, 6.45) is 6.13. The smallest absolute Gasteiger partial charge is 0.314 e. The fourth-order valence-corrected chi connectivity index (χ4v) is 2.92. The molecule has 1 aromatic rings. The molecule has 1 N–H and O–H groups in total. The zero-order valence-electron chi connectivity index (χ0n) is 11.3. The molecule has 3 rings (SSSR count). The van der Waals surface area contributed by atoms with Crippen molar-refractivity contribution in [3.63, 3.8) is 0 Å². The molecule has 0 saturated heterocycles. The van der Waals surface area contributed by atoms with Gasteiger partial charge in [-0.15, -0.1) is 0 Å². The summed E-state index contributed by atoms with van der Waals surface area (Å²) >= 11 is 0. The number of hydrogen-bond acceptors (Lipinski definition) is 2. The summed E-state index contributed by atoms with van der Waals surface area (Å²) in [6.45, 7) is 2.00. The van der Waals surface area contributed by atoms with Crippen molar-refractivity contribution in [3.05, 3.63) is 29.3 Å². The van der Waals surface area contributed by atoms with E-state index in [9.17, 15) is 9.90 Å². The second-order valence-corrected chi connectivity index (χ2v) is 5.91. The lowest BCUT2D eigenvalue weighted by molar-refractivity contribution is -0.147. The summed E-state index contributed by atoms with van der Waals surface area (Å²) in [6, 6.07) is 5.96. The van der Waals surface area contributed by atoms with E-state index in [0.717, 1.165) is 49.0 Å². The van der Waals surface area contributed by atoms with Gasteiger partial charge < -0.3 is 9.84 Å². The Labute approximate surface area is 113 Å². The monoisotopic (exact) mass is 260 g/mol. The first-order valence-electron chi connectivity index (χ1n) is 7.13. The highest BCUT2D eigenvalue weighted by molar-refractivity contribution is 5.83. The van der Waals surface area contributed by atoms with Crippen LogP contribution in [0.2, 0.25) is 0 Å². The molecular weight excluding hydrogens is 240 g/mol. The summed E-state index contributed by atoms with van der Waals surface area (Å²) in [5.74, 6) is 0.0835. The Hall–Kier alpha value is -1.51. The number of aliphatic carboxylic acids is 1. The third-order valence-corrected chi connectivity index (χ3v) is 4.61. The zero-order valence-corrected chi connectivity index (χ0v) is 11.3. The van der Waals surface area contributed by atoms with E-state index in [1.807, 2.05) is 25.1 Å². The summed E-state index contributed by atoms with van der Waals surface area (Å²) in [7, 11) is 0. The molecule has 2 aliphatic rings. The fourth-order valence-electron chi connectivity index (χ4n) is 2.92. The van der Waals surface area contributed by atoms with Crippen molar-refractivity contribution in [3.8, 4) is 5.75 Å². The van der Waals surface area contributed by atoms with Gasteiger partial charge in [-0.1, -0.05) is 24.1 Å². The molecule has 3 heteroatoms. The van der Waals surface area contributed by atoms with Crippen LogP contribution in [0.4, 0.5) is 0 Å². The van der Waals surface area contributed by atoms with Crippen molar-refractivity contribution in [2.45, 2.75) is 57.0 Å². The molecule has 2 saturated carbocycles. The number of carboxylic acids is 1. The van der Waals surface area contributed by atoms with Crippen molar-refractivity contribution in [2.24, 2.45) is 0 Å². The van der Waals surface area contributed by atoms with Crippen molar-refractivity contribution in [2.75, 3.05) is 0 Å². The summed E-state index contributed by atoms with van der Waals surface area (Å²) < 4.78 is 6.01. The molecule has 0 aromatic heterocycles. The Morgan fingerprint density at radius 3 is 2.53 bits per heavy atom. The first kappa shape index (κ1) is 12.5. The van der Waals surface area contributed by atoms with Crippen LogP contribution >= 0.6 is 0 Å². The lowest BCUT2D eigenvalue weighted by Gasteiger charge is -2.40. The van der Waals surface area contributed by atoms with Crippen LogP contribution in [-0.4, -0.2) is 17.2 Å². The van der Waals surface area contributed by atoms with Gasteiger partial charge in [-0.3, -0.25) is 4.79 Å². The average Bonchev–Trinajstić information content (AvgIpc) is 2.23. The largest absolute Gasteiger partial charge is 0.490 e. The highest BCUT2D eigenvalue weighted by Crippen LogP contribution is 2.48. The molecule has 3 nitrogen and oxygen atoms in total. The minimum Gasteiger partial charge on any atom is -0.490 e. The minimum absolute atomic E-state index is 0.285. The van der Waals surface area contributed by atoms with Gasteiger partial charge in [0.15, 0.2) is 0 Å². The Kier molecular flexibility index (Phi) is 3.00. The van der Waals surface area contributed by atoms with Crippen LogP contribution in [0.15, 0.2) is 18.2 Å². The molecule has 0 aliphatic heterocycles. The van der Waals surface area contributed by atoms with Gasteiger partial charge in [0.25, 0.3) is 0 Å². The summed E-state index contributed by atoms with van der Waals surface area (Å²) in [5, 5.41) is 9.60. The van der Waals surface area contributed by atoms with Crippen LogP contribution in [0.25, 0.3) is 0 Å². The van der Waals surface area contributed by atoms with Gasteiger partial charge in [-0.05, 0) is 45.1 Å². The van der Waals surface area contributed by atoms with E-state index in [1.165, 1.54) is 6.42 Å². The first-order chi connectivity index (χ1) is 9.12. The number of carbonyl (C=O) groups is 1. The third-order valence-electron chi connectivity index (χ3n) is 4.61. The molecule has 2 aliphatic carbocycles. The number of benzene rings is 1. The maximum atomic E-state index is 11.7. The maximum Gasteiger partial charge on any atom is 0.314 e. The molecule has 0 atom stereocenters. The highest BCUT2D eigenvalue weighted by Gasteiger charge is 2.48. The van der Waals surface area contributed by atoms with E-state index >= 15 is 0 Å². The first-order valence-corrected chi connectivity index (χ1v) is 7.13. The molecule has 0 amide bonds. The number of carboxylic acid groups (broad SMARTS) is 1. The molecule has 0 bridgehead atoms. The van der Waals surface area contributed by atoms with E-state index in [4.69, 9.17) is 4.74 Å². The topological polar surface area (TPSA) is 46.5 Å². The molecule has 19 heavy (non-hydrogen) atoms. The quantitative estimate of drug-likeness (QED) is 0.902. The van der Waals surface area contributed by atoms with Crippen LogP contribution in [0.3, 0.4) is 0 Å². The lowest BCUT2D eigenvalue weighted by atomic mass is 9.64. The van der Waals surface area contributed by atoms with Crippen LogP contribution < -0.4 is 4.74 Å². The van der Waals surface area contributed by atoms with Gasteiger partial charge >= 0.3 is 5.97 Å². The molecule has 0 heterocycles. The second kappa shape index (κ2) is 4.55.